The lowest BCUT2D eigenvalue weighted by atomic mass is 10.1. The quantitative estimate of drug-likeness (QED) is 0.888. The van der Waals surface area contributed by atoms with Crippen LogP contribution in [0.4, 0.5) is 5.82 Å². The topological polar surface area (TPSA) is 56.1 Å². The number of aryl methyl sites for hydroxylation is 1. The molecule has 112 valence electrons. The molecular weight excluding hydrogens is 266 g/mol. The fourth-order valence-electron chi connectivity index (χ4n) is 2.08. The Morgan fingerprint density at radius 1 is 1.29 bits per heavy atom. The fourth-order valence-corrected chi connectivity index (χ4v) is 2.08. The number of anilines is 1. The van der Waals surface area contributed by atoms with Gasteiger partial charge in [0.2, 0.25) is 5.91 Å². The molecule has 0 radical (unpaired) electrons. The Kier molecular flexibility index (Phi) is 4.98. The van der Waals surface area contributed by atoms with E-state index in [1.54, 1.807) is 18.0 Å². The summed E-state index contributed by atoms with van der Waals surface area (Å²) in [6.45, 7) is 4.06. The van der Waals surface area contributed by atoms with Crippen LogP contribution >= 0.6 is 0 Å². The molecular formula is C16H21N3O2. The number of methoxy groups -OCH3 is 1. The molecule has 0 aliphatic carbocycles. The Morgan fingerprint density at radius 3 is 2.62 bits per heavy atom. The number of aromatic nitrogens is 2. The van der Waals surface area contributed by atoms with Crippen LogP contribution < -0.4 is 10.1 Å². The van der Waals surface area contributed by atoms with Crippen molar-refractivity contribution in [3.8, 4) is 5.75 Å². The van der Waals surface area contributed by atoms with Gasteiger partial charge < -0.3 is 10.1 Å². The van der Waals surface area contributed by atoms with E-state index in [1.165, 1.54) is 0 Å². The standard InChI is InChI=1S/C16H21N3O2/c1-12(2)19-15(10-11-17-19)18-16(20)9-6-13-4-7-14(21-3)8-5-13/h4-5,7-8,10-12H,6,9H2,1-3H3,(H,18,20). The number of rotatable bonds is 6. The predicted octanol–water partition coefficient (Wildman–Crippen LogP) is 3.04. The molecule has 0 saturated heterocycles. The zero-order chi connectivity index (χ0) is 15.2. The molecule has 0 fully saturated rings. The maximum Gasteiger partial charge on any atom is 0.225 e. The summed E-state index contributed by atoms with van der Waals surface area (Å²) < 4.78 is 6.91. The summed E-state index contributed by atoms with van der Waals surface area (Å²) in [5.41, 5.74) is 1.11. The molecule has 5 heteroatoms. The van der Waals surface area contributed by atoms with Crippen molar-refractivity contribution in [1.29, 1.82) is 0 Å². The van der Waals surface area contributed by atoms with Gasteiger partial charge in [0.15, 0.2) is 0 Å². The maximum atomic E-state index is 12.0. The number of hydrogen-bond acceptors (Lipinski definition) is 3. The molecule has 0 aliphatic rings. The van der Waals surface area contributed by atoms with Gasteiger partial charge in [0.05, 0.1) is 13.3 Å². The zero-order valence-corrected chi connectivity index (χ0v) is 12.7. The summed E-state index contributed by atoms with van der Waals surface area (Å²) in [6.07, 6.45) is 2.83. The minimum absolute atomic E-state index is 0.00628. The van der Waals surface area contributed by atoms with Crippen molar-refractivity contribution >= 4 is 11.7 Å². The largest absolute Gasteiger partial charge is 0.497 e. The molecule has 0 saturated carbocycles. The highest BCUT2D eigenvalue weighted by Gasteiger charge is 2.09. The van der Waals surface area contributed by atoms with Crippen molar-refractivity contribution in [1.82, 2.24) is 9.78 Å². The summed E-state index contributed by atoms with van der Waals surface area (Å²) in [5, 5.41) is 7.10. The normalized spacial score (nSPS) is 10.7. The highest BCUT2D eigenvalue weighted by Crippen LogP contribution is 2.15. The van der Waals surface area contributed by atoms with E-state index in [0.29, 0.717) is 12.8 Å². The number of carbonyl (C=O) groups excluding carboxylic acids is 1. The third-order valence-corrected chi connectivity index (χ3v) is 3.23. The zero-order valence-electron chi connectivity index (χ0n) is 12.7. The van der Waals surface area contributed by atoms with Gasteiger partial charge in [-0.25, -0.2) is 4.68 Å². The summed E-state index contributed by atoms with van der Waals surface area (Å²) in [5.74, 6) is 1.56. The van der Waals surface area contributed by atoms with Crippen molar-refractivity contribution in [3.05, 3.63) is 42.1 Å². The highest BCUT2D eigenvalue weighted by molar-refractivity contribution is 5.89. The van der Waals surface area contributed by atoms with E-state index in [0.717, 1.165) is 17.1 Å². The van der Waals surface area contributed by atoms with E-state index in [1.807, 2.05) is 44.2 Å². The van der Waals surface area contributed by atoms with E-state index < -0.39 is 0 Å². The molecule has 1 N–H and O–H groups in total. The lowest BCUT2D eigenvalue weighted by Crippen LogP contribution is -2.17. The van der Waals surface area contributed by atoms with Crippen molar-refractivity contribution < 1.29 is 9.53 Å². The van der Waals surface area contributed by atoms with Crippen molar-refractivity contribution in [2.75, 3.05) is 12.4 Å². The molecule has 21 heavy (non-hydrogen) atoms. The van der Waals surface area contributed by atoms with E-state index >= 15 is 0 Å². The molecule has 1 aromatic heterocycles. The number of hydrogen-bond donors (Lipinski definition) is 1. The van der Waals surface area contributed by atoms with Crippen LogP contribution in [0.5, 0.6) is 5.75 Å². The number of nitrogens with one attached hydrogen (secondary N) is 1. The van der Waals surface area contributed by atoms with Crippen LogP contribution in [-0.2, 0) is 11.2 Å². The van der Waals surface area contributed by atoms with Crippen molar-refractivity contribution in [2.45, 2.75) is 32.7 Å². The second-order valence-corrected chi connectivity index (χ2v) is 5.15. The second-order valence-electron chi connectivity index (χ2n) is 5.15. The second kappa shape index (κ2) is 6.92. The van der Waals surface area contributed by atoms with Gasteiger partial charge in [-0.05, 0) is 38.0 Å². The molecule has 1 heterocycles. The van der Waals surface area contributed by atoms with Gasteiger partial charge in [0.1, 0.15) is 11.6 Å². The van der Waals surface area contributed by atoms with Crippen LogP contribution in [-0.4, -0.2) is 22.8 Å². The Balaban J connectivity index is 1.88. The van der Waals surface area contributed by atoms with E-state index in [2.05, 4.69) is 10.4 Å². The Hall–Kier alpha value is -2.30. The predicted molar refractivity (Wildman–Crippen MR) is 82.6 cm³/mol. The Bertz CT molecular complexity index is 588. The molecule has 0 unspecified atom stereocenters. The van der Waals surface area contributed by atoms with Crippen LogP contribution in [0.3, 0.4) is 0 Å². The van der Waals surface area contributed by atoms with Crippen molar-refractivity contribution in [3.63, 3.8) is 0 Å². The van der Waals surface area contributed by atoms with Gasteiger partial charge in [-0.1, -0.05) is 12.1 Å². The minimum Gasteiger partial charge on any atom is -0.497 e. The number of ether oxygens (including phenoxy) is 1. The molecule has 1 amide bonds. The number of nitrogens with zero attached hydrogens (tertiary/aromatic N) is 2. The average Bonchev–Trinajstić information content (AvgIpc) is 2.94. The average molecular weight is 287 g/mol. The molecule has 1 aromatic carbocycles. The SMILES string of the molecule is COc1ccc(CCC(=O)Nc2ccnn2C(C)C)cc1. The van der Waals surface area contributed by atoms with Crippen LogP contribution in [0.15, 0.2) is 36.5 Å². The highest BCUT2D eigenvalue weighted by atomic mass is 16.5. The Morgan fingerprint density at radius 2 is 2.00 bits per heavy atom. The van der Waals surface area contributed by atoms with Gasteiger partial charge in [0, 0.05) is 18.5 Å². The number of benzene rings is 1. The van der Waals surface area contributed by atoms with Crippen LogP contribution in [0.25, 0.3) is 0 Å². The molecule has 0 atom stereocenters. The lowest BCUT2D eigenvalue weighted by Gasteiger charge is -2.11. The Labute approximate surface area is 124 Å². The lowest BCUT2D eigenvalue weighted by molar-refractivity contribution is -0.116. The fraction of sp³-hybridized carbons (Fsp3) is 0.375. The van der Waals surface area contributed by atoms with Gasteiger partial charge in [0.25, 0.3) is 0 Å². The van der Waals surface area contributed by atoms with E-state index in [-0.39, 0.29) is 11.9 Å². The van der Waals surface area contributed by atoms with Gasteiger partial charge in [-0.2, -0.15) is 5.10 Å². The first-order valence-corrected chi connectivity index (χ1v) is 7.06. The first-order valence-electron chi connectivity index (χ1n) is 7.06. The monoisotopic (exact) mass is 287 g/mol. The molecule has 0 spiro atoms. The summed E-state index contributed by atoms with van der Waals surface area (Å²) in [6, 6.07) is 9.79. The van der Waals surface area contributed by atoms with Crippen LogP contribution in [0.1, 0.15) is 31.9 Å². The smallest absolute Gasteiger partial charge is 0.225 e. The maximum absolute atomic E-state index is 12.0. The molecule has 2 aromatic rings. The minimum atomic E-state index is -0.00628. The first-order chi connectivity index (χ1) is 10.1. The van der Waals surface area contributed by atoms with Crippen molar-refractivity contribution in [2.24, 2.45) is 0 Å². The number of amides is 1. The van der Waals surface area contributed by atoms with Crippen LogP contribution in [0, 0.1) is 0 Å². The molecule has 2 rings (SSSR count). The number of carbonyl (C=O) groups is 1. The van der Waals surface area contributed by atoms with Gasteiger partial charge in [-0.3, -0.25) is 4.79 Å². The summed E-state index contributed by atoms with van der Waals surface area (Å²) in [4.78, 5) is 12.0. The van der Waals surface area contributed by atoms with Crippen LogP contribution in [0.2, 0.25) is 0 Å². The summed E-state index contributed by atoms with van der Waals surface area (Å²) >= 11 is 0. The first kappa shape index (κ1) is 15.1. The third-order valence-electron chi connectivity index (χ3n) is 3.23. The molecule has 0 aliphatic heterocycles. The van der Waals surface area contributed by atoms with E-state index in [9.17, 15) is 4.79 Å². The van der Waals surface area contributed by atoms with Gasteiger partial charge >= 0.3 is 0 Å². The summed E-state index contributed by atoms with van der Waals surface area (Å²) in [7, 11) is 1.64. The van der Waals surface area contributed by atoms with E-state index in [4.69, 9.17) is 4.74 Å². The van der Waals surface area contributed by atoms with Gasteiger partial charge in [-0.15, -0.1) is 0 Å². The molecule has 0 bridgehead atoms. The molecule has 5 nitrogen and oxygen atoms in total. The third kappa shape index (κ3) is 4.08.